The van der Waals surface area contributed by atoms with Crippen LogP contribution in [0.15, 0.2) is 95.7 Å². The summed E-state index contributed by atoms with van der Waals surface area (Å²) in [5, 5.41) is 25.8. The standard InChI is InChI=1S/C31H27N3O6/c1-31(2)18-28-29(30(35)26(31)16-19-4-10-22(11-5-19)33(36)37)25(20-6-12-23(13-7-20)34(38)39)17-27(32-28)21-8-14-24(40-3)15-9-21/h4-17,25,32H,18H2,1-3H3/b26-16+. The van der Waals surface area contributed by atoms with Crippen LogP contribution in [-0.4, -0.2) is 22.7 Å². The number of hydrogen-bond acceptors (Lipinski definition) is 7. The number of nitrogens with one attached hydrogen (secondary N) is 1. The van der Waals surface area contributed by atoms with E-state index in [1.807, 2.05) is 44.2 Å². The van der Waals surface area contributed by atoms with E-state index in [0.29, 0.717) is 23.1 Å². The van der Waals surface area contributed by atoms with Crippen LogP contribution in [0.1, 0.15) is 42.9 Å². The van der Waals surface area contributed by atoms with Crippen LogP contribution in [0.25, 0.3) is 11.8 Å². The zero-order valence-electron chi connectivity index (χ0n) is 22.2. The number of allylic oxidation sites excluding steroid dienone is 4. The fraction of sp³-hybridized carbons (Fsp3) is 0.194. The summed E-state index contributed by atoms with van der Waals surface area (Å²) in [5.41, 5.74) is 4.58. The van der Waals surface area contributed by atoms with Gasteiger partial charge in [0.1, 0.15) is 5.75 Å². The Balaban J connectivity index is 1.60. The van der Waals surface area contributed by atoms with Crippen molar-refractivity contribution in [3.05, 3.63) is 133 Å². The Kier molecular flexibility index (Phi) is 6.81. The Morgan fingerprint density at radius 1 is 0.900 bits per heavy atom. The minimum Gasteiger partial charge on any atom is -0.497 e. The lowest BCUT2D eigenvalue weighted by Gasteiger charge is -2.40. The van der Waals surface area contributed by atoms with Crippen molar-refractivity contribution < 1.29 is 19.4 Å². The number of hydrogen-bond donors (Lipinski definition) is 1. The third-order valence-electron chi connectivity index (χ3n) is 7.37. The van der Waals surface area contributed by atoms with Crippen LogP contribution in [0.4, 0.5) is 11.4 Å². The highest BCUT2D eigenvalue weighted by Gasteiger charge is 2.42. The van der Waals surface area contributed by atoms with Gasteiger partial charge in [0.2, 0.25) is 0 Å². The van der Waals surface area contributed by atoms with Crippen molar-refractivity contribution in [3.63, 3.8) is 0 Å². The summed E-state index contributed by atoms with van der Waals surface area (Å²) in [4.78, 5) is 35.7. The molecule has 3 aromatic carbocycles. The smallest absolute Gasteiger partial charge is 0.269 e. The zero-order chi connectivity index (χ0) is 28.6. The molecular formula is C31H27N3O6. The molecule has 0 saturated heterocycles. The van der Waals surface area contributed by atoms with Crippen LogP contribution >= 0.6 is 0 Å². The third kappa shape index (κ3) is 5.01. The Bertz CT molecular complexity index is 1600. The lowest BCUT2D eigenvalue weighted by molar-refractivity contribution is -0.385. The Labute approximate surface area is 230 Å². The first-order chi connectivity index (χ1) is 19.1. The van der Waals surface area contributed by atoms with Gasteiger partial charge in [0.25, 0.3) is 11.4 Å². The fourth-order valence-corrected chi connectivity index (χ4v) is 5.24. The maximum atomic E-state index is 14.2. The van der Waals surface area contributed by atoms with Gasteiger partial charge in [-0.15, -0.1) is 0 Å². The number of carbonyl (C=O) groups excluding carboxylic acids is 1. The predicted octanol–water partition coefficient (Wildman–Crippen LogP) is 6.58. The molecule has 2 aliphatic rings. The molecule has 3 aromatic rings. The lowest BCUT2D eigenvalue weighted by atomic mass is 9.67. The summed E-state index contributed by atoms with van der Waals surface area (Å²) >= 11 is 0. The molecular weight excluding hydrogens is 510 g/mol. The van der Waals surface area contributed by atoms with E-state index >= 15 is 0 Å². The van der Waals surface area contributed by atoms with Gasteiger partial charge in [-0.25, -0.2) is 0 Å². The minimum absolute atomic E-state index is 0.0210. The maximum absolute atomic E-state index is 14.2. The second kappa shape index (κ2) is 10.3. The maximum Gasteiger partial charge on any atom is 0.269 e. The van der Waals surface area contributed by atoms with Gasteiger partial charge in [0, 0.05) is 52.7 Å². The summed E-state index contributed by atoms with van der Waals surface area (Å²) in [7, 11) is 1.60. The van der Waals surface area contributed by atoms with Crippen LogP contribution in [0.5, 0.6) is 5.75 Å². The highest BCUT2D eigenvalue weighted by atomic mass is 16.6. The minimum atomic E-state index is -0.535. The van der Waals surface area contributed by atoms with E-state index in [0.717, 1.165) is 28.3 Å². The van der Waals surface area contributed by atoms with Gasteiger partial charge in [-0.05, 0) is 77.1 Å². The van der Waals surface area contributed by atoms with Gasteiger partial charge >= 0.3 is 0 Å². The Morgan fingerprint density at radius 3 is 2.02 bits per heavy atom. The molecule has 1 atom stereocenters. The van der Waals surface area contributed by atoms with Crippen molar-refractivity contribution in [3.8, 4) is 5.75 Å². The molecule has 1 heterocycles. The van der Waals surface area contributed by atoms with Crippen LogP contribution < -0.4 is 10.1 Å². The molecule has 40 heavy (non-hydrogen) atoms. The number of non-ortho nitro benzene ring substituents is 2. The molecule has 5 rings (SSSR count). The van der Waals surface area contributed by atoms with E-state index in [4.69, 9.17) is 4.74 Å². The second-order valence-corrected chi connectivity index (χ2v) is 10.4. The molecule has 9 heteroatoms. The van der Waals surface area contributed by atoms with Crippen molar-refractivity contribution in [2.45, 2.75) is 26.2 Å². The number of carbonyl (C=O) groups is 1. The number of methoxy groups -OCH3 is 1. The van der Waals surface area contributed by atoms with Crippen molar-refractivity contribution in [2.75, 3.05) is 7.11 Å². The van der Waals surface area contributed by atoms with Crippen LogP contribution in [-0.2, 0) is 4.79 Å². The molecule has 0 fully saturated rings. The molecule has 1 aliphatic carbocycles. The summed E-state index contributed by atoms with van der Waals surface area (Å²) in [6.07, 6.45) is 4.32. The van der Waals surface area contributed by atoms with E-state index in [1.165, 1.54) is 24.3 Å². The van der Waals surface area contributed by atoms with E-state index in [9.17, 15) is 25.0 Å². The first kappa shape index (κ1) is 26.6. The first-order valence-corrected chi connectivity index (χ1v) is 12.7. The molecule has 0 amide bonds. The number of nitro benzene ring substituents is 2. The number of rotatable bonds is 6. The normalized spacial score (nSPS) is 19.0. The zero-order valence-corrected chi connectivity index (χ0v) is 22.2. The number of ketones is 1. The van der Waals surface area contributed by atoms with Crippen LogP contribution in [0, 0.1) is 25.6 Å². The lowest BCUT2D eigenvalue weighted by Crippen LogP contribution is -2.37. The Hall–Kier alpha value is -5.05. The SMILES string of the molecule is COc1ccc(C2=CC(c3ccc([N+](=O)[O-])cc3)C3=C(CC(C)(C)/C(=C/c4ccc([N+](=O)[O-])cc4)C3=O)N2)cc1. The molecule has 1 aliphatic heterocycles. The van der Waals surface area contributed by atoms with Gasteiger partial charge < -0.3 is 10.1 Å². The van der Waals surface area contributed by atoms with Gasteiger partial charge in [-0.1, -0.05) is 26.0 Å². The monoisotopic (exact) mass is 537 g/mol. The van der Waals surface area contributed by atoms with Crippen LogP contribution in [0.3, 0.4) is 0 Å². The van der Waals surface area contributed by atoms with Gasteiger partial charge in [-0.3, -0.25) is 25.0 Å². The van der Waals surface area contributed by atoms with Gasteiger partial charge in [0.05, 0.1) is 17.0 Å². The summed E-state index contributed by atoms with van der Waals surface area (Å²) in [5.74, 6) is 0.144. The van der Waals surface area contributed by atoms with Gasteiger partial charge in [-0.2, -0.15) is 0 Å². The van der Waals surface area contributed by atoms with E-state index in [2.05, 4.69) is 5.32 Å². The van der Waals surface area contributed by atoms with Gasteiger partial charge in [0.15, 0.2) is 5.78 Å². The summed E-state index contributed by atoms with van der Waals surface area (Å²) in [6.45, 7) is 4.00. The predicted molar refractivity (Wildman–Crippen MR) is 151 cm³/mol. The number of ether oxygens (including phenoxy) is 1. The second-order valence-electron chi connectivity index (χ2n) is 10.4. The molecule has 1 N–H and O–H groups in total. The molecule has 9 nitrogen and oxygen atoms in total. The average molecular weight is 538 g/mol. The van der Waals surface area contributed by atoms with Crippen molar-refractivity contribution in [1.29, 1.82) is 0 Å². The number of nitro groups is 2. The van der Waals surface area contributed by atoms with Crippen molar-refractivity contribution in [2.24, 2.45) is 5.41 Å². The number of benzene rings is 3. The summed E-state index contributed by atoms with van der Waals surface area (Å²) in [6, 6.07) is 20.0. The molecule has 0 bridgehead atoms. The topological polar surface area (TPSA) is 125 Å². The summed E-state index contributed by atoms with van der Waals surface area (Å²) < 4.78 is 5.30. The number of nitrogens with zero attached hydrogens (tertiary/aromatic N) is 2. The van der Waals surface area contributed by atoms with Crippen molar-refractivity contribution >= 4 is 28.9 Å². The fourth-order valence-electron chi connectivity index (χ4n) is 5.24. The van der Waals surface area contributed by atoms with Crippen molar-refractivity contribution in [1.82, 2.24) is 5.32 Å². The van der Waals surface area contributed by atoms with Crippen LogP contribution in [0.2, 0.25) is 0 Å². The quantitative estimate of drug-likeness (QED) is 0.214. The molecule has 0 spiro atoms. The average Bonchev–Trinajstić information content (AvgIpc) is 2.94. The molecule has 0 aromatic heterocycles. The van der Waals surface area contributed by atoms with E-state index in [1.54, 1.807) is 37.5 Å². The molecule has 0 saturated carbocycles. The molecule has 1 unspecified atom stereocenters. The van der Waals surface area contributed by atoms with E-state index in [-0.39, 0.29) is 17.2 Å². The Morgan fingerprint density at radius 2 is 1.48 bits per heavy atom. The highest BCUT2D eigenvalue weighted by molar-refractivity contribution is 6.15. The first-order valence-electron chi connectivity index (χ1n) is 12.7. The molecule has 202 valence electrons. The number of Topliss-reactive ketones (excluding diaryl/α,β-unsaturated/α-hetero) is 1. The largest absolute Gasteiger partial charge is 0.497 e. The molecule has 0 radical (unpaired) electrons. The van der Waals surface area contributed by atoms with E-state index < -0.39 is 21.2 Å². The third-order valence-corrected chi connectivity index (χ3v) is 7.37. The number of dihydropyridines is 1. The highest BCUT2D eigenvalue weighted by Crippen LogP contribution is 2.48.